The van der Waals surface area contributed by atoms with Gasteiger partial charge in [0, 0.05) is 12.6 Å². The van der Waals surface area contributed by atoms with Gasteiger partial charge in [0.05, 0.1) is 10.6 Å². The zero-order valence-corrected chi connectivity index (χ0v) is 26.9. The maximum Gasteiger partial charge on any atom is 0.264 e. The van der Waals surface area contributed by atoms with Crippen LogP contribution in [0, 0.1) is 27.7 Å². The third-order valence-corrected chi connectivity index (χ3v) is 10.1. The summed E-state index contributed by atoms with van der Waals surface area (Å²) in [6.07, 6.45) is 5.60. The number of anilines is 1. The molecule has 3 aromatic carbocycles. The number of nitrogens with zero attached hydrogens (tertiary/aromatic N) is 2. The summed E-state index contributed by atoms with van der Waals surface area (Å²) in [6.45, 7) is 9.35. The minimum Gasteiger partial charge on any atom is -0.352 e. The van der Waals surface area contributed by atoms with Crippen molar-refractivity contribution in [3.05, 3.63) is 94.5 Å². The lowest BCUT2D eigenvalue weighted by molar-refractivity contribution is -0.140. The molecule has 0 bridgehead atoms. The van der Waals surface area contributed by atoms with Crippen LogP contribution in [0.2, 0.25) is 0 Å². The molecule has 0 spiro atoms. The second kappa shape index (κ2) is 14.2. The molecule has 43 heavy (non-hydrogen) atoms. The van der Waals surface area contributed by atoms with E-state index < -0.39 is 28.5 Å². The molecule has 1 fully saturated rings. The van der Waals surface area contributed by atoms with Gasteiger partial charge in [-0.15, -0.1) is 0 Å². The van der Waals surface area contributed by atoms with Crippen molar-refractivity contribution in [1.29, 1.82) is 0 Å². The minimum atomic E-state index is -4.10. The zero-order valence-electron chi connectivity index (χ0n) is 26.1. The number of amides is 2. The molecule has 1 N–H and O–H groups in total. The first-order chi connectivity index (χ1) is 20.5. The van der Waals surface area contributed by atoms with E-state index in [4.69, 9.17) is 0 Å². The minimum absolute atomic E-state index is 0.0975. The van der Waals surface area contributed by atoms with Crippen LogP contribution in [0.15, 0.2) is 71.6 Å². The molecule has 0 saturated heterocycles. The van der Waals surface area contributed by atoms with Gasteiger partial charge in [0.25, 0.3) is 10.0 Å². The lowest BCUT2D eigenvalue weighted by Gasteiger charge is -2.34. The highest BCUT2D eigenvalue weighted by Gasteiger charge is 2.35. The molecule has 0 radical (unpaired) electrons. The number of hydrogen-bond acceptors (Lipinski definition) is 4. The van der Waals surface area contributed by atoms with Crippen molar-refractivity contribution in [2.24, 2.45) is 0 Å². The van der Waals surface area contributed by atoms with Gasteiger partial charge in [-0.3, -0.25) is 13.9 Å². The Morgan fingerprint density at radius 2 is 1.42 bits per heavy atom. The summed E-state index contributed by atoms with van der Waals surface area (Å²) in [5.41, 5.74) is 5.08. The molecule has 4 rings (SSSR count). The van der Waals surface area contributed by atoms with Gasteiger partial charge < -0.3 is 10.2 Å². The van der Waals surface area contributed by atoms with E-state index in [2.05, 4.69) is 5.32 Å². The summed E-state index contributed by atoms with van der Waals surface area (Å²) in [5.74, 6) is -0.615. The van der Waals surface area contributed by atoms with Gasteiger partial charge >= 0.3 is 0 Å². The summed E-state index contributed by atoms with van der Waals surface area (Å²) < 4.78 is 29.5. The van der Waals surface area contributed by atoms with Crippen LogP contribution in [-0.2, 0) is 26.2 Å². The van der Waals surface area contributed by atoms with E-state index in [1.807, 2.05) is 71.0 Å². The first-order valence-electron chi connectivity index (χ1n) is 15.3. The van der Waals surface area contributed by atoms with Crippen molar-refractivity contribution in [2.75, 3.05) is 10.8 Å². The van der Waals surface area contributed by atoms with E-state index >= 15 is 0 Å². The largest absolute Gasteiger partial charge is 0.352 e. The van der Waals surface area contributed by atoms with Crippen LogP contribution >= 0.6 is 0 Å². The first kappa shape index (κ1) is 32.3. The lowest BCUT2D eigenvalue weighted by Crippen LogP contribution is -2.54. The number of nitrogens with one attached hydrogen (secondary N) is 1. The molecule has 7 nitrogen and oxygen atoms in total. The third kappa shape index (κ3) is 8.05. The molecule has 1 unspecified atom stereocenters. The number of hydrogen-bond donors (Lipinski definition) is 1. The van der Waals surface area contributed by atoms with Gasteiger partial charge in [0.1, 0.15) is 12.6 Å². The first-order valence-corrected chi connectivity index (χ1v) is 16.8. The highest BCUT2D eigenvalue weighted by Crippen LogP contribution is 2.29. The summed E-state index contributed by atoms with van der Waals surface area (Å²) in [7, 11) is -4.10. The van der Waals surface area contributed by atoms with Crippen LogP contribution in [-0.4, -0.2) is 43.8 Å². The second-order valence-corrected chi connectivity index (χ2v) is 13.8. The molecule has 0 aliphatic heterocycles. The van der Waals surface area contributed by atoms with Crippen LogP contribution in [0.25, 0.3) is 0 Å². The Morgan fingerprint density at radius 1 is 0.837 bits per heavy atom. The standard InChI is InChI=1S/C35H45N3O4S/c1-6-32(35(40)36-30-10-8-7-9-11-30)37(23-29-17-12-25(2)13-18-29)34(39)24-38(33-21-16-27(4)22-28(33)5)43(41,42)31-19-14-26(3)15-20-31/h12-22,30,32H,6-11,23-24H2,1-5H3,(H,36,40). The highest BCUT2D eigenvalue weighted by atomic mass is 32.2. The van der Waals surface area contributed by atoms with Crippen molar-refractivity contribution in [3.8, 4) is 0 Å². The normalized spacial score (nSPS) is 14.6. The molecule has 8 heteroatoms. The molecular formula is C35H45N3O4S. The van der Waals surface area contributed by atoms with Gasteiger partial charge in [-0.1, -0.05) is 91.4 Å². The average Bonchev–Trinajstić information content (AvgIpc) is 2.98. The van der Waals surface area contributed by atoms with Crippen molar-refractivity contribution >= 4 is 27.5 Å². The Labute approximate surface area is 257 Å². The smallest absolute Gasteiger partial charge is 0.264 e. The van der Waals surface area contributed by atoms with Crippen LogP contribution in [0.3, 0.4) is 0 Å². The molecule has 0 heterocycles. The number of sulfonamides is 1. The average molecular weight is 604 g/mol. The maximum atomic E-state index is 14.3. The molecule has 1 aliphatic carbocycles. The van der Waals surface area contributed by atoms with Gasteiger partial charge in [0.2, 0.25) is 11.8 Å². The van der Waals surface area contributed by atoms with Crippen LogP contribution < -0.4 is 9.62 Å². The van der Waals surface area contributed by atoms with Crippen molar-refractivity contribution in [3.63, 3.8) is 0 Å². The molecule has 1 atom stereocenters. The van der Waals surface area contributed by atoms with E-state index in [9.17, 15) is 18.0 Å². The van der Waals surface area contributed by atoms with Crippen molar-refractivity contribution in [1.82, 2.24) is 10.2 Å². The zero-order chi connectivity index (χ0) is 31.1. The molecule has 0 aromatic heterocycles. The van der Waals surface area contributed by atoms with E-state index in [0.29, 0.717) is 12.1 Å². The highest BCUT2D eigenvalue weighted by molar-refractivity contribution is 7.92. The number of aryl methyl sites for hydroxylation is 4. The Balaban J connectivity index is 1.72. The monoisotopic (exact) mass is 603 g/mol. The van der Waals surface area contributed by atoms with Gasteiger partial charge in [-0.25, -0.2) is 8.42 Å². The fourth-order valence-electron chi connectivity index (χ4n) is 5.79. The fourth-order valence-corrected chi connectivity index (χ4v) is 7.27. The van der Waals surface area contributed by atoms with E-state index in [1.165, 1.54) is 10.7 Å². The molecule has 1 aliphatic rings. The molecular weight excluding hydrogens is 558 g/mol. The Morgan fingerprint density at radius 3 is 2.00 bits per heavy atom. The Hall–Kier alpha value is -3.65. The number of rotatable bonds is 11. The summed E-state index contributed by atoms with van der Waals surface area (Å²) in [4.78, 5) is 29.7. The number of benzene rings is 3. The van der Waals surface area contributed by atoms with Gasteiger partial charge in [-0.2, -0.15) is 0 Å². The molecule has 230 valence electrons. The van der Waals surface area contributed by atoms with Crippen LogP contribution in [0.4, 0.5) is 5.69 Å². The number of carbonyl (C=O) groups excluding carboxylic acids is 2. The van der Waals surface area contributed by atoms with Crippen molar-refractivity contribution in [2.45, 2.75) is 96.7 Å². The van der Waals surface area contributed by atoms with Crippen LogP contribution in [0.1, 0.15) is 73.3 Å². The Bertz CT molecular complexity index is 1510. The second-order valence-electron chi connectivity index (χ2n) is 11.9. The Kier molecular flexibility index (Phi) is 10.7. The SMILES string of the molecule is CCC(C(=O)NC1CCCCC1)N(Cc1ccc(C)cc1)C(=O)CN(c1ccc(C)cc1C)S(=O)(=O)c1ccc(C)cc1. The van der Waals surface area contributed by atoms with Crippen LogP contribution in [0.5, 0.6) is 0 Å². The molecule has 2 amide bonds. The van der Waals surface area contributed by atoms with Crippen molar-refractivity contribution < 1.29 is 18.0 Å². The summed E-state index contributed by atoms with van der Waals surface area (Å²) in [6, 6.07) is 19.4. The van der Waals surface area contributed by atoms with E-state index in [-0.39, 0.29) is 23.4 Å². The summed E-state index contributed by atoms with van der Waals surface area (Å²) >= 11 is 0. The quantitative estimate of drug-likeness (QED) is 0.276. The lowest BCUT2D eigenvalue weighted by atomic mass is 9.95. The van der Waals surface area contributed by atoms with E-state index in [0.717, 1.165) is 53.5 Å². The maximum absolute atomic E-state index is 14.3. The van der Waals surface area contributed by atoms with E-state index in [1.54, 1.807) is 35.2 Å². The van der Waals surface area contributed by atoms with Gasteiger partial charge in [0.15, 0.2) is 0 Å². The third-order valence-electron chi connectivity index (χ3n) is 8.32. The topological polar surface area (TPSA) is 86.8 Å². The molecule has 1 saturated carbocycles. The predicted octanol–water partition coefficient (Wildman–Crippen LogP) is 6.37. The predicted molar refractivity (Wildman–Crippen MR) is 172 cm³/mol. The summed E-state index contributed by atoms with van der Waals surface area (Å²) in [5, 5.41) is 3.20. The van der Waals surface area contributed by atoms with Gasteiger partial charge in [-0.05, 0) is 76.3 Å². The molecule has 3 aromatic rings. The number of carbonyl (C=O) groups is 2. The fraction of sp³-hybridized carbons (Fsp3) is 0.429.